The average molecular weight is 307 g/mol. The third kappa shape index (κ3) is 3.27. The summed E-state index contributed by atoms with van der Waals surface area (Å²) in [7, 11) is 0. The maximum atomic E-state index is 12.0. The molecule has 4 heteroatoms. The third-order valence-corrected chi connectivity index (χ3v) is 4.67. The van der Waals surface area contributed by atoms with Crippen molar-refractivity contribution >= 4 is 11.6 Å². The SMILES string of the molecule is O=C(Nc1cncc2c1CCN(Cc1ccccc1)C2)C1CC1. The second-order valence-corrected chi connectivity index (χ2v) is 6.53. The second-order valence-electron chi connectivity index (χ2n) is 6.53. The van der Waals surface area contributed by atoms with E-state index in [0.29, 0.717) is 0 Å². The summed E-state index contributed by atoms with van der Waals surface area (Å²) >= 11 is 0. The molecule has 2 aromatic rings. The number of fused-ring (bicyclic) bond motifs is 1. The molecule has 1 amide bonds. The minimum Gasteiger partial charge on any atom is -0.324 e. The summed E-state index contributed by atoms with van der Waals surface area (Å²) in [4.78, 5) is 18.8. The molecule has 0 radical (unpaired) electrons. The lowest BCUT2D eigenvalue weighted by Crippen LogP contribution is -2.31. The van der Waals surface area contributed by atoms with Crippen LogP contribution < -0.4 is 5.32 Å². The number of pyridine rings is 1. The van der Waals surface area contributed by atoms with Crippen LogP contribution in [0.4, 0.5) is 5.69 Å². The highest BCUT2D eigenvalue weighted by Crippen LogP contribution is 2.32. The molecule has 23 heavy (non-hydrogen) atoms. The molecule has 0 bridgehead atoms. The molecule has 0 saturated heterocycles. The molecule has 1 aromatic heterocycles. The molecule has 1 aliphatic heterocycles. The summed E-state index contributed by atoms with van der Waals surface area (Å²) in [6.07, 6.45) is 6.76. The van der Waals surface area contributed by atoms with Gasteiger partial charge in [0.05, 0.1) is 11.9 Å². The van der Waals surface area contributed by atoms with Gasteiger partial charge in [-0.2, -0.15) is 0 Å². The van der Waals surface area contributed by atoms with Crippen molar-refractivity contribution in [2.24, 2.45) is 5.92 Å². The smallest absolute Gasteiger partial charge is 0.227 e. The van der Waals surface area contributed by atoms with Crippen LogP contribution in [0, 0.1) is 5.92 Å². The average Bonchev–Trinajstić information content (AvgIpc) is 3.41. The fourth-order valence-corrected chi connectivity index (χ4v) is 3.22. The number of carbonyl (C=O) groups excluding carboxylic acids is 1. The number of nitrogens with zero attached hydrogens (tertiary/aromatic N) is 2. The van der Waals surface area contributed by atoms with Crippen molar-refractivity contribution in [3.05, 3.63) is 59.4 Å². The van der Waals surface area contributed by atoms with Gasteiger partial charge in [-0.1, -0.05) is 30.3 Å². The predicted molar refractivity (Wildman–Crippen MR) is 89.9 cm³/mol. The summed E-state index contributed by atoms with van der Waals surface area (Å²) in [6.45, 7) is 2.86. The minimum absolute atomic E-state index is 0.159. The fraction of sp³-hybridized carbons (Fsp3) is 0.368. The van der Waals surface area contributed by atoms with Gasteiger partial charge in [-0.05, 0) is 36.0 Å². The zero-order chi connectivity index (χ0) is 15.6. The maximum absolute atomic E-state index is 12.0. The van der Waals surface area contributed by atoms with Gasteiger partial charge in [0.2, 0.25) is 5.91 Å². The van der Waals surface area contributed by atoms with E-state index in [1.807, 2.05) is 12.3 Å². The Kier molecular flexibility index (Phi) is 3.83. The summed E-state index contributed by atoms with van der Waals surface area (Å²) in [5.74, 6) is 0.385. The van der Waals surface area contributed by atoms with E-state index >= 15 is 0 Å². The lowest BCUT2D eigenvalue weighted by atomic mass is 9.99. The first-order valence-corrected chi connectivity index (χ1v) is 8.32. The number of hydrogen-bond donors (Lipinski definition) is 1. The van der Waals surface area contributed by atoms with Crippen molar-refractivity contribution in [1.82, 2.24) is 9.88 Å². The van der Waals surface area contributed by atoms with E-state index in [9.17, 15) is 4.79 Å². The number of nitrogens with one attached hydrogen (secondary N) is 1. The van der Waals surface area contributed by atoms with Crippen molar-refractivity contribution in [3.63, 3.8) is 0 Å². The molecule has 1 aromatic carbocycles. The summed E-state index contributed by atoms with van der Waals surface area (Å²) in [6, 6.07) is 10.6. The zero-order valence-corrected chi connectivity index (χ0v) is 13.2. The van der Waals surface area contributed by atoms with Crippen molar-refractivity contribution in [1.29, 1.82) is 0 Å². The molecule has 1 N–H and O–H groups in total. The predicted octanol–water partition coefficient (Wildman–Crippen LogP) is 2.99. The third-order valence-electron chi connectivity index (χ3n) is 4.67. The lowest BCUT2D eigenvalue weighted by molar-refractivity contribution is -0.117. The quantitative estimate of drug-likeness (QED) is 0.944. The Balaban J connectivity index is 1.48. The van der Waals surface area contributed by atoms with Crippen LogP contribution in [-0.4, -0.2) is 22.3 Å². The highest BCUT2D eigenvalue weighted by Gasteiger charge is 2.30. The lowest BCUT2D eigenvalue weighted by Gasteiger charge is -2.29. The standard InChI is InChI=1S/C19H21N3O/c23-19(15-6-7-15)21-18-11-20-10-16-13-22(9-8-17(16)18)12-14-4-2-1-3-5-14/h1-5,10-11,15H,6-9,12-13H2,(H,21,23). The number of rotatable bonds is 4. The molecular weight excluding hydrogens is 286 g/mol. The van der Waals surface area contributed by atoms with Gasteiger partial charge >= 0.3 is 0 Å². The largest absolute Gasteiger partial charge is 0.324 e. The first-order valence-electron chi connectivity index (χ1n) is 8.32. The monoisotopic (exact) mass is 307 g/mol. The molecule has 1 saturated carbocycles. The van der Waals surface area contributed by atoms with E-state index in [1.54, 1.807) is 6.20 Å². The maximum Gasteiger partial charge on any atom is 0.227 e. The molecule has 4 rings (SSSR count). The molecule has 2 heterocycles. The molecule has 4 nitrogen and oxygen atoms in total. The van der Waals surface area contributed by atoms with E-state index in [0.717, 1.165) is 44.6 Å². The normalized spacial score (nSPS) is 17.6. The van der Waals surface area contributed by atoms with Crippen molar-refractivity contribution in [3.8, 4) is 0 Å². The fourth-order valence-electron chi connectivity index (χ4n) is 3.22. The van der Waals surface area contributed by atoms with Gasteiger partial charge in [-0.3, -0.25) is 14.7 Å². The van der Waals surface area contributed by atoms with Crippen LogP contribution in [0.2, 0.25) is 0 Å². The zero-order valence-electron chi connectivity index (χ0n) is 13.2. The van der Waals surface area contributed by atoms with Gasteiger partial charge < -0.3 is 5.32 Å². The van der Waals surface area contributed by atoms with Crippen LogP contribution in [0.5, 0.6) is 0 Å². The van der Waals surface area contributed by atoms with Crippen LogP contribution in [0.25, 0.3) is 0 Å². The van der Waals surface area contributed by atoms with Gasteiger partial charge in [0.1, 0.15) is 0 Å². The van der Waals surface area contributed by atoms with E-state index in [-0.39, 0.29) is 11.8 Å². The molecule has 0 spiro atoms. The Morgan fingerprint density at radius 1 is 1.22 bits per heavy atom. The Morgan fingerprint density at radius 2 is 2.04 bits per heavy atom. The van der Waals surface area contributed by atoms with Crippen molar-refractivity contribution < 1.29 is 4.79 Å². The molecule has 0 unspecified atom stereocenters. The van der Waals surface area contributed by atoms with E-state index in [2.05, 4.69) is 39.5 Å². The van der Waals surface area contributed by atoms with Gasteiger partial charge in [-0.15, -0.1) is 0 Å². The summed E-state index contributed by atoms with van der Waals surface area (Å²) in [5.41, 5.74) is 4.75. The number of amides is 1. The Hall–Kier alpha value is -2.20. The first kappa shape index (κ1) is 14.4. The highest BCUT2D eigenvalue weighted by molar-refractivity contribution is 5.94. The van der Waals surface area contributed by atoms with E-state index in [1.165, 1.54) is 16.7 Å². The molecule has 1 fully saturated rings. The van der Waals surface area contributed by atoms with Gasteiger partial charge in [-0.25, -0.2) is 0 Å². The number of anilines is 1. The Labute approximate surface area is 136 Å². The Morgan fingerprint density at radius 3 is 2.83 bits per heavy atom. The second kappa shape index (κ2) is 6.13. The van der Waals surface area contributed by atoms with E-state index in [4.69, 9.17) is 0 Å². The number of benzene rings is 1. The summed E-state index contributed by atoms with van der Waals surface area (Å²) in [5, 5.41) is 3.08. The molecule has 2 aliphatic rings. The van der Waals surface area contributed by atoms with Gasteiger partial charge in [0.25, 0.3) is 0 Å². The Bertz CT molecular complexity index is 710. The molecular formula is C19H21N3O. The molecule has 1 aliphatic carbocycles. The van der Waals surface area contributed by atoms with Crippen molar-refractivity contribution in [2.45, 2.75) is 32.4 Å². The van der Waals surface area contributed by atoms with Crippen LogP contribution in [-0.2, 0) is 24.3 Å². The minimum atomic E-state index is 0.159. The van der Waals surface area contributed by atoms with Gasteiger partial charge in [0, 0.05) is 31.7 Å². The van der Waals surface area contributed by atoms with Crippen LogP contribution >= 0.6 is 0 Å². The summed E-state index contributed by atoms with van der Waals surface area (Å²) < 4.78 is 0. The number of carbonyl (C=O) groups is 1. The van der Waals surface area contributed by atoms with Crippen LogP contribution in [0.15, 0.2) is 42.7 Å². The van der Waals surface area contributed by atoms with E-state index < -0.39 is 0 Å². The van der Waals surface area contributed by atoms with Crippen molar-refractivity contribution in [2.75, 3.05) is 11.9 Å². The molecule has 0 atom stereocenters. The topological polar surface area (TPSA) is 45.2 Å². The van der Waals surface area contributed by atoms with Crippen LogP contribution in [0.1, 0.15) is 29.5 Å². The number of aromatic nitrogens is 1. The van der Waals surface area contributed by atoms with Gasteiger partial charge in [0.15, 0.2) is 0 Å². The highest BCUT2D eigenvalue weighted by atomic mass is 16.2. The molecule has 118 valence electrons. The number of hydrogen-bond acceptors (Lipinski definition) is 3. The van der Waals surface area contributed by atoms with Crippen LogP contribution in [0.3, 0.4) is 0 Å². The first-order chi connectivity index (χ1) is 11.3.